The van der Waals surface area contributed by atoms with Gasteiger partial charge in [0.2, 0.25) is 11.8 Å². The number of hydrogen-bond acceptors (Lipinski definition) is 5. The molecule has 2 N–H and O–H groups in total. The first kappa shape index (κ1) is 31.8. The van der Waals surface area contributed by atoms with E-state index in [2.05, 4.69) is 37.1 Å². The molecule has 36 heavy (non-hydrogen) atoms. The molecule has 0 heterocycles. The third kappa shape index (κ3) is 11.2. The van der Waals surface area contributed by atoms with Crippen molar-refractivity contribution in [3.05, 3.63) is 35.4 Å². The van der Waals surface area contributed by atoms with E-state index in [1.165, 1.54) is 0 Å². The molecule has 204 valence electrons. The summed E-state index contributed by atoms with van der Waals surface area (Å²) >= 11 is 4.35. The van der Waals surface area contributed by atoms with E-state index in [-0.39, 0.29) is 23.6 Å². The van der Waals surface area contributed by atoms with E-state index in [1.807, 2.05) is 38.1 Å². The Morgan fingerprint density at radius 3 is 2.17 bits per heavy atom. The summed E-state index contributed by atoms with van der Waals surface area (Å²) in [6.45, 7) is 13.8. The van der Waals surface area contributed by atoms with Gasteiger partial charge >= 0.3 is 6.09 Å². The van der Waals surface area contributed by atoms with Gasteiger partial charge in [-0.1, -0.05) is 69.4 Å². The molecule has 8 heteroatoms. The van der Waals surface area contributed by atoms with E-state index >= 15 is 0 Å². The fourth-order valence-corrected chi connectivity index (χ4v) is 4.21. The number of alkyl carbamates (subject to hydrolysis) is 1. The normalized spacial score (nSPS) is 13.9. The maximum Gasteiger partial charge on any atom is 0.408 e. The smallest absolute Gasteiger partial charge is 0.408 e. The molecule has 7 nitrogen and oxygen atoms in total. The van der Waals surface area contributed by atoms with Crippen LogP contribution in [0.2, 0.25) is 0 Å². The van der Waals surface area contributed by atoms with Crippen molar-refractivity contribution in [1.29, 1.82) is 0 Å². The fraction of sp³-hybridized carbons (Fsp3) is 0.679. The largest absolute Gasteiger partial charge is 0.444 e. The summed E-state index contributed by atoms with van der Waals surface area (Å²) < 4.78 is 5.36. The average molecular weight is 522 g/mol. The molecule has 0 saturated heterocycles. The summed E-state index contributed by atoms with van der Waals surface area (Å²) in [7, 11) is 0. The number of unbranched alkanes of at least 4 members (excludes halogenated alkanes) is 3. The van der Waals surface area contributed by atoms with Gasteiger partial charge < -0.3 is 20.3 Å². The van der Waals surface area contributed by atoms with Crippen molar-refractivity contribution in [2.45, 2.75) is 111 Å². The minimum atomic E-state index is -0.928. The van der Waals surface area contributed by atoms with Crippen LogP contribution < -0.4 is 10.6 Å². The zero-order chi connectivity index (χ0) is 27.3. The van der Waals surface area contributed by atoms with Crippen molar-refractivity contribution in [2.75, 3.05) is 12.3 Å². The van der Waals surface area contributed by atoms with Gasteiger partial charge in [0.05, 0.1) is 0 Å². The Kier molecular flexibility index (Phi) is 14.0. The van der Waals surface area contributed by atoms with Gasteiger partial charge in [-0.05, 0) is 53.0 Å². The number of benzene rings is 1. The predicted molar refractivity (Wildman–Crippen MR) is 149 cm³/mol. The molecule has 0 aliphatic heterocycles. The van der Waals surface area contributed by atoms with Gasteiger partial charge in [-0.15, -0.1) is 0 Å². The highest BCUT2D eigenvalue weighted by molar-refractivity contribution is 7.80. The van der Waals surface area contributed by atoms with Crippen LogP contribution in [0.5, 0.6) is 0 Å². The first-order valence-electron chi connectivity index (χ1n) is 13.2. The maximum atomic E-state index is 13.9. The van der Waals surface area contributed by atoms with Crippen LogP contribution in [0.15, 0.2) is 24.3 Å². The fourth-order valence-electron chi connectivity index (χ4n) is 3.96. The van der Waals surface area contributed by atoms with Crippen LogP contribution >= 0.6 is 12.6 Å². The Balaban J connectivity index is 3.36. The number of nitrogens with one attached hydrogen (secondary N) is 2. The van der Waals surface area contributed by atoms with Crippen molar-refractivity contribution < 1.29 is 19.1 Å². The van der Waals surface area contributed by atoms with Gasteiger partial charge in [-0.3, -0.25) is 9.59 Å². The number of hydrogen-bond donors (Lipinski definition) is 3. The maximum absolute atomic E-state index is 13.9. The van der Waals surface area contributed by atoms with Crippen LogP contribution in [0.4, 0.5) is 4.79 Å². The van der Waals surface area contributed by atoms with Gasteiger partial charge in [0.15, 0.2) is 0 Å². The lowest BCUT2D eigenvalue weighted by atomic mass is 10.0. The molecule has 0 spiro atoms. The molecular formula is C28H47N3O4S. The molecule has 0 aliphatic carbocycles. The van der Waals surface area contributed by atoms with E-state index in [9.17, 15) is 14.4 Å². The summed E-state index contributed by atoms with van der Waals surface area (Å²) in [6, 6.07) is 5.92. The van der Waals surface area contributed by atoms with Crippen LogP contribution in [0.3, 0.4) is 0 Å². The SMILES string of the molecule is CCCCCCN(C(=O)C(CS)NC(=O)OC(C)(C)C)C(C(=O)NC(C)CCC)c1ccc(C)cc1. The second-order valence-corrected chi connectivity index (χ2v) is 10.9. The summed E-state index contributed by atoms with van der Waals surface area (Å²) in [4.78, 5) is 41.6. The van der Waals surface area contributed by atoms with Crippen LogP contribution in [0, 0.1) is 6.92 Å². The van der Waals surface area contributed by atoms with Gasteiger partial charge in [0.25, 0.3) is 0 Å². The standard InChI is InChI=1S/C28H47N3O4S/c1-8-10-11-12-18-31(26(33)23(19-36)30-27(34)35-28(5,6)7)24(22-16-14-20(3)15-17-22)25(32)29-21(4)13-9-2/h14-17,21,23-24,36H,8-13,18-19H2,1-7H3,(H,29,32)(H,30,34). The first-order valence-corrected chi connectivity index (χ1v) is 13.8. The number of amides is 3. The number of thiol groups is 1. The molecule has 0 aliphatic rings. The first-order chi connectivity index (χ1) is 16.9. The van der Waals surface area contributed by atoms with E-state index < -0.39 is 23.8 Å². The molecule has 3 amide bonds. The monoisotopic (exact) mass is 521 g/mol. The Bertz CT molecular complexity index is 823. The number of rotatable bonds is 14. The van der Waals surface area contributed by atoms with Crippen molar-refractivity contribution in [1.82, 2.24) is 15.5 Å². The Morgan fingerprint density at radius 2 is 1.64 bits per heavy atom. The van der Waals surface area contributed by atoms with E-state index in [1.54, 1.807) is 25.7 Å². The third-order valence-electron chi connectivity index (χ3n) is 5.77. The molecule has 0 aromatic heterocycles. The van der Waals surface area contributed by atoms with E-state index in [0.29, 0.717) is 6.54 Å². The molecule has 0 bridgehead atoms. The van der Waals surface area contributed by atoms with Crippen molar-refractivity contribution in [2.24, 2.45) is 0 Å². The van der Waals surface area contributed by atoms with Crippen LogP contribution in [0.25, 0.3) is 0 Å². The molecule has 3 unspecified atom stereocenters. The number of carbonyl (C=O) groups excluding carboxylic acids is 3. The highest BCUT2D eigenvalue weighted by Gasteiger charge is 2.36. The van der Waals surface area contributed by atoms with Crippen molar-refractivity contribution in [3.63, 3.8) is 0 Å². The molecule has 1 aromatic carbocycles. The highest BCUT2D eigenvalue weighted by Crippen LogP contribution is 2.25. The van der Waals surface area contributed by atoms with Crippen LogP contribution in [-0.2, 0) is 14.3 Å². The Morgan fingerprint density at radius 1 is 1.00 bits per heavy atom. The summed E-state index contributed by atoms with van der Waals surface area (Å²) in [5, 5.41) is 5.76. The molecule has 1 rings (SSSR count). The molecule has 0 fully saturated rings. The summed E-state index contributed by atoms with van der Waals surface area (Å²) in [6.07, 6.45) is 4.90. The Labute approximate surface area is 223 Å². The second kappa shape index (κ2) is 15.8. The molecule has 0 radical (unpaired) electrons. The molecular weight excluding hydrogens is 474 g/mol. The Hall–Kier alpha value is -2.22. The van der Waals surface area contributed by atoms with Crippen LogP contribution in [-0.4, -0.2) is 52.8 Å². The zero-order valence-corrected chi connectivity index (χ0v) is 24.1. The average Bonchev–Trinajstić information content (AvgIpc) is 2.79. The molecule has 0 saturated carbocycles. The number of carbonyl (C=O) groups is 3. The van der Waals surface area contributed by atoms with Crippen molar-refractivity contribution in [3.8, 4) is 0 Å². The lowest BCUT2D eigenvalue weighted by molar-refractivity contribution is -0.142. The number of nitrogens with zero attached hydrogens (tertiary/aromatic N) is 1. The van der Waals surface area contributed by atoms with Gasteiger partial charge in [-0.2, -0.15) is 12.6 Å². The molecule has 3 atom stereocenters. The van der Waals surface area contributed by atoms with Gasteiger partial charge in [0.1, 0.15) is 17.7 Å². The quantitative estimate of drug-likeness (QED) is 0.221. The lowest BCUT2D eigenvalue weighted by Gasteiger charge is -2.35. The predicted octanol–water partition coefficient (Wildman–Crippen LogP) is 5.57. The second-order valence-electron chi connectivity index (χ2n) is 10.5. The van der Waals surface area contributed by atoms with Crippen molar-refractivity contribution >= 4 is 30.5 Å². The molecule has 1 aromatic rings. The van der Waals surface area contributed by atoms with E-state index in [4.69, 9.17) is 4.74 Å². The lowest BCUT2D eigenvalue weighted by Crippen LogP contribution is -2.54. The number of aryl methyl sites for hydroxylation is 1. The minimum Gasteiger partial charge on any atom is -0.444 e. The van der Waals surface area contributed by atoms with Crippen LogP contribution in [0.1, 0.15) is 97.2 Å². The third-order valence-corrected chi connectivity index (χ3v) is 6.14. The topological polar surface area (TPSA) is 87.7 Å². The van der Waals surface area contributed by atoms with Gasteiger partial charge in [0, 0.05) is 18.3 Å². The minimum absolute atomic E-state index is 0.0203. The number of ether oxygens (including phenoxy) is 1. The van der Waals surface area contributed by atoms with E-state index in [0.717, 1.165) is 49.7 Å². The van der Waals surface area contributed by atoms with Gasteiger partial charge in [-0.25, -0.2) is 4.79 Å². The highest BCUT2D eigenvalue weighted by atomic mass is 32.1. The summed E-state index contributed by atoms with van der Waals surface area (Å²) in [5.74, 6) is -0.493. The summed E-state index contributed by atoms with van der Waals surface area (Å²) in [5.41, 5.74) is 1.10. The zero-order valence-electron chi connectivity index (χ0n) is 23.2.